The fraction of sp³-hybridized carbons (Fsp3) is 0.435. The van der Waals surface area contributed by atoms with Gasteiger partial charge in [0.25, 0.3) is 5.91 Å². The molecule has 1 heterocycles. The van der Waals surface area contributed by atoms with Crippen LogP contribution in [0, 0.1) is 0 Å². The molecule has 0 spiro atoms. The number of amides is 1. The van der Waals surface area contributed by atoms with Crippen molar-refractivity contribution in [1.82, 2.24) is 10.2 Å². The summed E-state index contributed by atoms with van der Waals surface area (Å²) in [5.74, 6) is 0.173. The highest BCUT2D eigenvalue weighted by Crippen LogP contribution is 2.14. The second-order valence-electron chi connectivity index (χ2n) is 6.52. The molecule has 3 rings (SSSR count). The molecule has 1 saturated heterocycles. The van der Waals surface area contributed by atoms with Crippen molar-refractivity contribution in [3.63, 3.8) is 0 Å². The van der Waals surface area contributed by atoms with Crippen LogP contribution in [0.5, 0.6) is 0 Å². The normalized spacial score (nSPS) is 13.5. The first-order chi connectivity index (χ1) is 13.3. The van der Waals surface area contributed by atoms with Gasteiger partial charge in [0.1, 0.15) is 0 Å². The summed E-state index contributed by atoms with van der Waals surface area (Å²) in [7, 11) is 0. The van der Waals surface area contributed by atoms with E-state index in [0.717, 1.165) is 62.4 Å². The SMILES string of the molecule is CC.O=C(c1cccc(CNCCNc2ccccc2)c1)N1CCCCC1. The molecule has 146 valence electrons. The third-order valence-electron chi connectivity index (χ3n) is 4.55. The van der Waals surface area contributed by atoms with Crippen molar-refractivity contribution in [3.8, 4) is 0 Å². The Morgan fingerprint density at radius 1 is 0.926 bits per heavy atom. The Morgan fingerprint density at radius 3 is 2.41 bits per heavy atom. The van der Waals surface area contributed by atoms with Crippen molar-refractivity contribution < 1.29 is 4.79 Å². The highest BCUT2D eigenvalue weighted by atomic mass is 16.2. The maximum absolute atomic E-state index is 12.6. The summed E-state index contributed by atoms with van der Waals surface area (Å²) in [6.07, 6.45) is 3.49. The minimum atomic E-state index is 0.173. The molecule has 2 aromatic rings. The van der Waals surface area contributed by atoms with Crippen molar-refractivity contribution in [1.29, 1.82) is 0 Å². The third-order valence-corrected chi connectivity index (χ3v) is 4.55. The Hall–Kier alpha value is -2.33. The summed E-state index contributed by atoms with van der Waals surface area (Å²) in [5, 5.41) is 6.81. The van der Waals surface area contributed by atoms with Gasteiger partial charge in [0.15, 0.2) is 0 Å². The van der Waals surface area contributed by atoms with E-state index in [1.54, 1.807) is 0 Å². The van der Waals surface area contributed by atoms with Crippen LogP contribution < -0.4 is 10.6 Å². The zero-order chi connectivity index (χ0) is 19.3. The van der Waals surface area contributed by atoms with Crippen LogP contribution >= 0.6 is 0 Å². The molecule has 0 saturated carbocycles. The fourth-order valence-corrected chi connectivity index (χ4v) is 3.18. The standard InChI is InChI=1S/C21H27N3O.C2H6/c25-21(24-14-5-2-6-15-24)19-9-7-8-18(16-19)17-22-12-13-23-20-10-3-1-4-11-20;1-2/h1,3-4,7-11,16,22-23H,2,5-6,12-15,17H2;1-2H3. The van der Waals surface area contributed by atoms with E-state index < -0.39 is 0 Å². The Labute approximate surface area is 164 Å². The van der Waals surface area contributed by atoms with E-state index in [4.69, 9.17) is 0 Å². The summed E-state index contributed by atoms with van der Waals surface area (Å²) in [4.78, 5) is 14.6. The van der Waals surface area contributed by atoms with E-state index in [9.17, 15) is 4.79 Å². The van der Waals surface area contributed by atoms with Crippen LogP contribution in [0.15, 0.2) is 54.6 Å². The monoisotopic (exact) mass is 367 g/mol. The van der Waals surface area contributed by atoms with Gasteiger partial charge in [0.2, 0.25) is 0 Å². The van der Waals surface area contributed by atoms with Gasteiger partial charge in [-0.25, -0.2) is 0 Å². The summed E-state index contributed by atoms with van der Waals surface area (Å²) in [6, 6.07) is 18.2. The molecular formula is C23H33N3O. The Morgan fingerprint density at radius 2 is 1.67 bits per heavy atom. The Kier molecular flexibility index (Phi) is 9.42. The predicted octanol–water partition coefficient (Wildman–Crippen LogP) is 4.54. The first-order valence-corrected chi connectivity index (χ1v) is 10.2. The quantitative estimate of drug-likeness (QED) is 0.706. The second kappa shape index (κ2) is 12.1. The number of carbonyl (C=O) groups excluding carboxylic acids is 1. The lowest BCUT2D eigenvalue weighted by Gasteiger charge is -2.26. The lowest BCUT2D eigenvalue weighted by Crippen LogP contribution is -2.35. The van der Waals surface area contributed by atoms with Gasteiger partial charge >= 0.3 is 0 Å². The first-order valence-electron chi connectivity index (χ1n) is 10.2. The van der Waals surface area contributed by atoms with E-state index in [1.807, 2.05) is 55.1 Å². The van der Waals surface area contributed by atoms with Crippen LogP contribution in [0.2, 0.25) is 0 Å². The number of benzene rings is 2. The number of nitrogens with one attached hydrogen (secondary N) is 2. The lowest BCUT2D eigenvalue weighted by atomic mass is 10.1. The fourth-order valence-electron chi connectivity index (χ4n) is 3.18. The topological polar surface area (TPSA) is 44.4 Å². The van der Waals surface area contributed by atoms with E-state index in [2.05, 4.69) is 28.8 Å². The molecule has 2 N–H and O–H groups in total. The maximum Gasteiger partial charge on any atom is 0.253 e. The largest absolute Gasteiger partial charge is 0.384 e. The molecule has 1 fully saturated rings. The molecule has 0 bridgehead atoms. The molecule has 0 unspecified atom stereocenters. The van der Waals surface area contributed by atoms with Crippen molar-refractivity contribution in [2.24, 2.45) is 0 Å². The zero-order valence-corrected chi connectivity index (χ0v) is 16.7. The van der Waals surface area contributed by atoms with Gasteiger partial charge < -0.3 is 15.5 Å². The number of hydrogen-bond acceptors (Lipinski definition) is 3. The minimum Gasteiger partial charge on any atom is -0.384 e. The highest BCUT2D eigenvalue weighted by Gasteiger charge is 2.18. The van der Waals surface area contributed by atoms with Crippen LogP contribution in [0.4, 0.5) is 5.69 Å². The number of para-hydroxylation sites is 1. The zero-order valence-electron chi connectivity index (χ0n) is 16.7. The number of rotatable bonds is 7. The summed E-state index contributed by atoms with van der Waals surface area (Å²) >= 11 is 0. The van der Waals surface area contributed by atoms with Gasteiger partial charge in [-0.1, -0.05) is 44.2 Å². The van der Waals surface area contributed by atoms with Crippen LogP contribution in [-0.2, 0) is 6.54 Å². The van der Waals surface area contributed by atoms with Gasteiger partial charge in [0, 0.05) is 44.0 Å². The maximum atomic E-state index is 12.6. The number of likely N-dealkylation sites (tertiary alicyclic amines) is 1. The van der Waals surface area contributed by atoms with Crippen molar-refractivity contribution in [3.05, 3.63) is 65.7 Å². The van der Waals surface area contributed by atoms with Gasteiger partial charge in [0.05, 0.1) is 0 Å². The molecule has 0 aromatic heterocycles. The Bertz CT molecular complexity index is 666. The van der Waals surface area contributed by atoms with E-state index >= 15 is 0 Å². The third kappa shape index (κ3) is 7.06. The molecule has 0 atom stereocenters. The van der Waals surface area contributed by atoms with Crippen LogP contribution in [0.25, 0.3) is 0 Å². The van der Waals surface area contributed by atoms with Gasteiger partial charge in [-0.05, 0) is 49.1 Å². The molecule has 1 amide bonds. The molecule has 2 aromatic carbocycles. The van der Waals surface area contributed by atoms with E-state index in [-0.39, 0.29) is 5.91 Å². The molecule has 1 aliphatic heterocycles. The number of carbonyl (C=O) groups is 1. The average Bonchev–Trinajstić information content (AvgIpc) is 2.76. The van der Waals surface area contributed by atoms with Crippen molar-refractivity contribution in [2.45, 2.75) is 39.7 Å². The Balaban J connectivity index is 0.00000126. The number of piperidine rings is 1. The van der Waals surface area contributed by atoms with E-state index in [0.29, 0.717) is 0 Å². The van der Waals surface area contributed by atoms with Gasteiger partial charge in [-0.2, -0.15) is 0 Å². The number of hydrogen-bond donors (Lipinski definition) is 2. The average molecular weight is 368 g/mol. The van der Waals surface area contributed by atoms with Crippen LogP contribution in [-0.4, -0.2) is 37.0 Å². The lowest BCUT2D eigenvalue weighted by molar-refractivity contribution is 0.0724. The first kappa shape index (κ1) is 21.0. The van der Waals surface area contributed by atoms with Crippen molar-refractivity contribution in [2.75, 3.05) is 31.5 Å². The molecule has 27 heavy (non-hydrogen) atoms. The predicted molar refractivity (Wildman–Crippen MR) is 114 cm³/mol. The molecule has 1 aliphatic rings. The highest BCUT2D eigenvalue weighted by molar-refractivity contribution is 5.94. The molecule has 4 nitrogen and oxygen atoms in total. The van der Waals surface area contributed by atoms with E-state index in [1.165, 1.54) is 6.42 Å². The molecule has 0 aliphatic carbocycles. The second-order valence-corrected chi connectivity index (χ2v) is 6.52. The molecule has 4 heteroatoms. The number of anilines is 1. The van der Waals surface area contributed by atoms with Gasteiger partial charge in [-0.15, -0.1) is 0 Å². The summed E-state index contributed by atoms with van der Waals surface area (Å²) in [5.41, 5.74) is 3.10. The van der Waals surface area contributed by atoms with Gasteiger partial charge in [-0.3, -0.25) is 4.79 Å². The molecule has 0 radical (unpaired) electrons. The van der Waals surface area contributed by atoms with Crippen LogP contribution in [0.1, 0.15) is 49.0 Å². The molecular weight excluding hydrogens is 334 g/mol. The number of nitrogens with zero attached hydrogens (tertiary/aromatic N) is 1. The summed E-state index contributed by atoms with van der Waals surface area (Å²) in [6.45, 7) is 8.31. The van der Waals surface area contributed by atoms with Crippen LogP contribution in [0.3, 0.4) is 0 Å². The minimum absolute atomic E-state index is 0.173. The summed E-state index contributed by atoms with van der Waals surface area (Å²) < 4.78 is 0. The smallest absolute Gasteiger partial charge is 0.253 e. The van der Waals surface area contributed by atoms with Crippen molar-refractivity contribution >= 4 is 11.6 Å².